The number of rotatable bonds is 3. The van der Waals surface area contributed by atoms with Crippen molar-refractivity contribution in [3.8, 4) is 0 Å². The van der Waals surface area contributed by atoms with Crippen LogP contribution in [0.5, 0.6) is 0 Å². The van der Waals surface area contributed by atoms with Gasteiger partial charge in [-0.15, -0.1) is 0 Å². The van der Waals surface area contributed by atoms with Gasteiger partial charge in [0.15, 0.2) is 0 Å². The molecule has 0 saturated heterocycles. The highest BCUT2D eigenvalue weighted by Crippen LogP contribution is 2.55. The molecule has 17 heavy (non-hydrogen) atoms. The van der Waals surface area contributed by atoms with Gasteiger partial charge in [0, 0.05) is 12.5 Å². The zero-order chi connectivity index (χ0) is 12.0. The topological polar surface area (TPSA) is 20.2 Å². The highest BCUT2D eigenvalue weighted by molar-refractivity contribution is 5.19. The first-order chi connectivity index (χ1) is 8.13. The van der Waals surface area contributed by atoms with E-state index in [-0.39, 0.29) is 0 Å². The molecule has 1 nitrogen and oxygen atoms in total. The molecule has 3 atom stereocenters. The average Bonchev–Trinajstić information content (AvgIpc) is 2.89. The molecule has 2 aliphatic carbocycles. The lowest BCUT2D eigenvalue weighted by Crippen LogP contribution is -2.22. The van der Waals surface area contributed by atoms with E-state index in [1.807, 2.05) is 0 Å². The van der Waals surface area contributed by atoms with Gasteiger partial charge in [-0.1, -0.05) is 6.07 Å². The van der Waals surface area contributed by atoms with Crippen LogP contribution in [0.1, 0.15) is 24.8 Å². The van der Waals surface area contributed by atoms with E-state index in [1.165, 1.54) is 18.6 Å². The number of halogens is 2. The van der Waals surface area contributed by atoms with Crippen molar-refractivity contribution in [1.29, 1.82) is 0 Å². The summed E-state index contributed by atoms with van der Waals surface area (Å²) in [5.74, 6) is 0.818. The lowest BCUT2D eigenvalue weighted by atomic mass is 9.92. The van der Waals surface area contributed by atoms with Crippen molar-refractivity contribution in [2.75, 3.05) is 0 Å². The molecule has 2 aliphatic rings. The Morgan fingerprint density at radius 1 is 1.18 bits per heavy atom. The molecular formula is C14H16F2O. The van der Waals surface area contributed by atoms with Gasteiger partial charge < -0.3 is 5.11 Å². The van der Waals surface area contributed by atoms with E-state index in [4.69, 9.17) is 0 Å². The van der Waals surface area contributed by atoms with Gasteiger partial charge in [-0.2, -0.15) is 0 Å². The molecule has 1 aromatic rings. The smallest absolute Gasteiger partial charge is 0.129 e. The normalized spacial score (nSPS) is 32.3. The van der Waals surface area contributed by atoms with Crippen LogP contribution in [-0.2, 0) is 6.42 Å². The Morgan fingerprint density at radius 3 is 2.53 bits per heavy atom. The summed E-state index contributed by atoms with van der Waals surface area (Å²) in [5.41, 5.74) is 0.416. The molecule has 0 amide bonds. The predicted octanol–water partition coefficient (Wildman–Crippen LogP) is 2.91. The Labute approximate surface area is 99.5 Å². The molecule has 0 bridgehead atoms. The molecule has 0 heterocycles. The highest BCUT2D eigenvalue weighted by atomic mass is 19.1. The maximum atomic E-state index is 13.4. The second kappa shape index (κ2) is 4.05. The minimum Gasteiger partial charge on any atom is -0.392 e. The van der Waals surface area contributed by atoms with Crippen molar-refractivity contribution in [3.63, 3.8) is 0 Å². The molecule has 3 heteroatoms. The zero-order valence-corrected chi connectivity index (χ0v) is 9.57. The van der Waals surface area contributed by atoms with Crippen molar-refractivity contribution in [2.24, 2.45) is 17.8 Å². The van der Waals surface area contributed by atoms with E-state index < -0.39 is 17.7 Å². The van der Waals surface area contributed by atoms with Crippen LogP contribution >= 0.6 is 0 Å². The van der Waals surface area contributed by atoms with E-state index >= 15 is 0 Å². The molecule has 2 fully saturated rings. The number of aliphatic hydroxyl groups is 1. The SMILES string of the molecule is OC(Cc1ccc(F)cc1F)C1CC2CC2C1. The summed E-state index contributed by atoms with van der Waals surface area (Å²) in [7, 11) is 0. The average molecular weight is 238 g/mol. The largest absolute Gasteiger partial charge is 0.392 e. The zero-order valence-electron chi connectivity index (χ0n) is 9.57. The number of fused-ring (bicyclic) bond motifs is 1. The second-order valence-electron chi connectivity index (χ2n) is 5.49. The van der Waals surface area contributed by atoms with Gasteiger partial charge in [0.1, 0.15) is 11.6 Å². The Hall–Kier alpha value is -0.960. The van der Waals surface area contributed by atoms with E-state index in [0.29, 0.717) is 17.9 Å². The number of aliphatic hydroxyl groups excluding tert-OH is 1. The van der Waals surface area contributed by atoms with Crippen LogP contribution in [0.15, 0.2) is 18.2 Å². The van der Waals surface area contributed by atoms with Crippen molar-refractivity contribution in [3.05, 3.63) is 35.4 Å². The highest BCUT2D eigenvalue weighted by Gasteiger charge is 2.47. The molecule has 0 spiro atoms. The Bertz CT molecular complexity index is 422. The van der Waals surface area contributed by atoms with E-state index in [9.17, 15) is 13.9 Å². The van der Waals surface area contributed by atoms with Crippen molar-refractivity contribution >= 4 is 0 Å². The summed E-state index contributed by atoms with van der Waals surface area (Å²) in [6.45, 7) is 0. The molecule has 0 radical (unpaired) electrons. The summed E-state index contributed by atoms with van der Waals surface area (Å²) in [4.78, 5) is 0. The summed E-state index contributed by atoms with van der Waals surface area (Å²) in [6.07, 6.45) is 3.29. The standard InChI is InChI=1S/C14H16F2O/c15-12-2-1-8(13(16)7-12)6-14(17)11-4-9-3-10(9)5-11/h1-2,7,9-11,14,17H,3-6H2. The summed E-state index contributed by atoms with van der Waals surface area (Å²) in [5, 5.41) is 10.1. The van der Waals surface area contributed by atoms with E-state index in [1.54, 1.807) is 0 Å². The number of benzene rings is 1. The van der Waals surface area contributed by atoms with Gasteiger partial charge in [-0.3, -0.25) is 0 Å². The Morgan fingerprint density at radius 2 is 1.88 bits per heavy atom. The molecule has 3 rings (SSSR count). The maximum Gasteiger partial charge on any atom is 0.129 e. The Kier molecular flexibility index (Phi) is 2.66. The van der Waals surface area contributed by atoms with Crippen LogP contribution in [0.2, 0.25) is 0 Å². The Balaban J connectivity index is 1.65. The summed E-state index contributed by atoms with van der Waals surface area (Å²) in [6, 6.07) is 3.56. The molecular weight excluding hydrogens is 222 g/mol. The number of hydrogen-bond donors (Lipinski definition) is 1. The predicted molar refractivity (Wildman–Crippen MR) is 60.4 cm³/mol. The van der Waals surface area contributed by atoms with Gasteiger partial charge in [0.25, 0.3) is 0 Å². The molecule has 0 aromatic heterocycles. The molecule has 3 unspecified atom stereocenters. The summed E-state index contributed by atoms with van der Waals surface area (Å²) < 4.78 is 26.2. The molecule has 1 N–H and O–H groups in total. The first kappa shape index (κ1) is 11.1. The molecule has 92 valence electrons. The second-order valence-corrected chi connectivity index (χ2v) is 5.49. The molecule has 0 aliphatic heterocycles. The minimum atomic E-state index is -0.567. The number of hydrogen-bond acceptors (Lipinski definition) is 1. The van der Waals surface area contributed by atoms with Crippen LogP contribution in [0.25, 0.3) is 0 Å². The maximum absolute atomic E-state index is 13.4. The quantitative estimate of drug-likeness (QED) is 0.858. The van der Waals surface area contributed by atoms with E-state index in [2.05, 4.69) is 0 Å². The fourth-order valence-corrected chi connectivity index (χ4v) is 3.15. The third kappa shape index (κ3) is 2.21. The third-order valence-corrected chi connectivity index (χ3v) is 4.27. The van der Waals surface area contributed by atoms with Crippen LogP contribution in [0.3, 0.4) is 0 Å². The van der Waals surface area contributed by atoms with Gasteiger partial charge in [0.05, 0.1) is 6.10 Å². The van der Waals surface area contributed by atoms with Gasteiger partial charge in [0.2, 0.25) is 0 Å². The van der Waals surface area contributed by atoms with Crippen LogP contribution in [0, 0.1) is 29.4 Å². The third-order valence-electron chi connectivity index (χ3n) is 4.27. The fraction of sp³-hybridized carbons (Fsp3) is 0.571. The molecule has 2 saturated carbocycles. The van der Waals surface area contributed by atoms with Crippen LogP contribution in [0.4, 0.5) is 8.78 Å². The monoisotopic (exact) mass is 238 g/mol. The van der Waals surface area contributed by atoms with Crippen LogP contribution in [-0.4, -0.2) is 11.2 Å². The van der Waals surface area contributed by atoms with Crippen molar-refractivity contribution < 1.29 is 13.9 Å². The molecule has 1 aromatic carbocycles. The lowest BCUT2D eigenvalue weighted by Gasteiger charge is -2.19. The first-order valence-corrected chi connectivity index (χ1v) is 6.25. The van der Waals surface area contributed by atoms with Gasteiger partial charge in [-0.05, 0) is 48.6 Å². The fourth-order valence-electron chi connectivity index (χ4n) is 3.15. The summed E-state index contributed by atoms with van der Waals surface area (Å²) >= 11 is 0. The van der Waals surface area contributed by atoms with Crippen molar-refractivity contribution in [2.45, 2.75) is 31.8 Å². The van der Waals surface area contributed by atoms with Crippen LogP contribution < -0.4 is 0 Å². The van der Waals surface area contributed by atoms with Gasteiger partial charge >= 0.3 is 0 Å². The van der Waals surface area contributed by atoms with Crippen molar-refractivity contribution in [1.82, 2.24) is 0 Å². The van der Waals surface area contributed by atoms with E-state index in [0.717, 1.165) is 30.7 Å². The first-order valence-electron chi connectivity index (χ1n) is 6.25. The lowest BCUT2D eigenvalue weighted by molar-refractivity contribution is 0.103. The minimum absolute atomic E-state index is 0.302. The van der Waals surface area contributed by atoms with Gasteiger partial charge in [-0.25, -0.2) is 8.78 Å².